The highest BCUT2D eigenvalue weighted by molar-refractivity contribution is 8.00. The average molecular weight is 443 g/mol. The van der Waals surface area contributed by atoms with Gasteiger partial charge in [0.05, 0.1) is 9.90 Å². The van der Waals surface area contributed by atoms with Gasteiger partial charge in [-0.05, 0) is 63.0 Å². The van der Waals surface area contributed by atoms with Crippen LogP contribution in [-0.4, -0.2) is 52.8 Å². The van der Waals surface area contributed by atoms with E-state index in [1.54, 1.807) is 29.3 Å². The molecule has 3 aromatic rings. The molecule has 0 unspecified atom stereocenters. The molecule has 1 aromatic carbocycles. The minimum Gasteiger partial charge on any atom is -0.324 e. The van der Waals surface area contributed by atoms with E-state index in [4.69, 9.17) is 9.97 Å². The first kappa shape index (κ1) is 22.7. The number of likely N-dealkylation sites (N-methyl/N-ethyl adjacent to an activating group) is 2. The first-order chi connectivity index (χ1) is 14.5. The van der Waals surface area contributed by atoms with Crippen LogP contribution in [0.15, 0.2) is 34.7 Å². The van der Waals surface area contributed by atoms with E-state index < -0.39 is 0 Å². The lowest BCUT2D eigenvalue weighted by Crippen LogP contribution is -2.30. The number of rotatable bonds is 10. The molecular weight excluding hydrogens is 412 g/mol. The van der Waals surface area contributed by atoms with Crippen molar-refractivity contribution in [3.05, 3.63) is 47.3 Å². The molecule has 0 aliphatic rings. The molecule has 0 atom stereocenters. The Hall–Kier alpha value is -2.00. The van der Waals surface area contributed by atoms with Gasteiger partial charge in [0.2, 0.25) is 5.95 Å². The van der Waals surface area contributed by atoms with Crippen LogP contribution in [0.2, 0.25) is 0 Å². The van der Waals surface area contributed by atoms with Gasteiger partial charge in [0, 0.05) is 31.5 Å². The smallest absolute Gasteiger partial charge is 0.227 e. The number of nitrogens with one attached hydrogen (secondary N) is 2. The maximum Gasteiger partial charge on any atom is 0.227 e. The van der Waals surface area contributed by atoms with E-state index in [1.165, 1.54) is 15.3 Å². The Bertz CT molecular complexity index is 952. The van der Waals surface area contributed by atoms with E-state index in [1.807, 2.05) is 13.1 Å². The standard InChI is InChI=1S/C22H30N6S2/c1-6-28(10-9-23-4)14-19-21(29-5)30-20(26-19)18-7-8-24-22(27-18)25-17-12-15(2)11-16(3)13-17/h7-8,11-13,23H,6,9-10,14H2,1-5H3,(H,24,25,27). The summed E-state index contributed by atoms with van der Waals surface area (Å²) in [7, 11) is 1.99. The van der Waals surface area contributed by atoms with Crippen molar-refractivity contribution in [2.75, 3.05) is 38.3 Å². The molecule has 0 fully saturated rings. The second-order valence-corrected chi connectivity index (χ2v) is 9.27. The fourth-order valence-electron chi connectivity index (χ4n) is 3.25. The highest BCUT2D eigenvalue weighted by atomic mass is 32.2. The molecule has 160 valence electrons. The summed E-state index contributed by atoms with van der Waals surface area (Å²) in [4.78, 5) is 16.5. The number of aromatic nitrogens is 3. The predicted molar refractivity (Wildman–Crippen MR) is 129 cm³/mol. The zero-order valence-corrected chi connectivity index (χ0v) is 20.0. The van der Waals surface area contributed by atoms with Crippen LogP contribution in [0.4, 0.5) is 11.6 Å². The van der Waals surface area contributed by atoms with Crippen LogP contribution in [0.1, 0.15) is 23.7 Å². The van der Waals surface area contributed by atoms with Crippen molar-refractivity contribution in [3.63, 3.8) is 0 Å². The molecule has 0 radical (unpaired) electrons. The minimum atomic E-state index is 0.587. The summed E-state index contributed by atoms with van der Waals surface area (Å²) >= 11 is 3.45. The van der Waals surface area contributed by atoms with Crippen LogP contribution in [0.5, 0.6) is 0 Å². The summed E-state index contributed by atoms with van der Waals surface area (Å²) in [6, 6.07) is 8.28. The van der Waals surface area contributed by atoms with Gasteiger partial charge in [-0.1, -0.05) is 13.0 Å². The molecule has 2 N–H and O–H groups in total. The lowest BCUT2D eigenvalue weighted by atomic mass is 10.1. The van der Waals surface area contributed by atoms with Crippen molar-refractivity contribution in [1.82, 2.24) is 25.2 Å². The SMILES string of the molecule is CCN(CCNC)Cc1nc(-c2ccnc(Nc3cc(C)cc(C)c3)n2)sc1SC. The van der Waals surface area contributed by atoms with E-state index in [2.05, 4.69) is 65.7 Å². The normalized spacial score (nSPS) is 11.3. The Kier molecular flexibility index (Phi) is 8.21. The molecule has 2 heterocycles. The van der Waals surface area contributed by atoms with Gasteiger partial charge < -0.3 is 10.6 Å². The van der Waals surface area contributed by atoms with Gasteiger partial charge >= 0.3 is 0 Å². The summed E-state index contributed by atoms with van der Waals surface area (Å²) in [6.45, 7) is 10.2. The molecule has 0 spiro atoms. The molecule has 0 aliphatic carbocycles. The van der Waals surface area contributed by atoms with E-state index in [-0.39, 0.29) is 0 Å². The van der Waals surface area contributed by atoms with Crippen molar-refractivity contribution in [2.24, 2.45) is 0 Å². The highest BCUT2D eigenvalue weighted by Crippen LogP contribution is 2.34. The largest absolute Gasteiger partial charge is 0.324 e. The number of hydrogen-bond acceptors (Lipinski definition) is 8. The maximum absolute atomic E-state index is 4.94. The molecule has 0 saturated carbocycles. The number of hydrogen-bond donors (Lipinski definition) is 2. The fraction of sp³-hybridized carbons (Fsp3) is 0.409. The molecule has 2 aromatic heterocycles. The van der Waals surface area contributed by atoms with Crippen LogP contribution >= 0.6 is 23.1 Å². The quantitative estimate of drug-likeness (QED) is 0.440. The average Bonchev–Trinajstić information content (AvgIpc) is 3.13. The van der Waals surface area contributed by atoms with Gasteiger partial charge in [-0.25, -0.2) is 15.0 Å². The monoisotopic (exact) mass is 442 g/mol. The van der Waals surface area contributed by atoms with Gasteiger partial charge in [-0.3, -0.25) is 4.90 Å². The number of nitrogens with zero attached hydrogens (tertiary/aromatic N) is 4. The first-order valence-electron chi connectivity index (χ1n) is 10.1. The molecule has 8 heteroatoms. The van der Waals surface area contributed by atoms with Crippen molar-refractivity contribution < 1.29 is 0 Å². The highest BCUT2D eigenvalue weighted by Gasteiger charge is 2.16. The van der Waals surface area contributed by atoms with E-state index in [0.717, 1.165) is 48.3 Å². The summed E-state index contributed by atoms with van der Waals surface area (Å²) in [5.41, 5.74) is 5.39. The number of aryl methyl sites for hydroxylation is 2. The summed E-state index contributed by atoms with van der Waals surface area (Å²) in [6.07, 6.45) is 3.90. The van der Waals surface area contributed by atoms with Crippen LogP contribution in [0.25, 0.3) is 10.7 Å². The van der Waals surface area contributed by atoms with Gasteiger partial charge in [0.1, 0.15) is 10.7 Å². The second kappa shape index (κ2) is 10.9. The molecular formula is C22H30N6S2. The minimum absolute atomic E-state index is 0.587. The van der Waals surface area contributed by atoms with Crippen LogP contribution in [-0.2, 0) is 6.54 Å². The maximum atomic E-state index is 4.94. The van der Waals surface area contributed by atoms with Crippen molar-refractivity contribution in [3.8, 4) is 10.7 Å². The number of thioether (sulfide) groups is 1. The second-order valence-electron chi connectivity index (χ2n) is 7.20. The zero-order valence-electron chi connectivity index (χ0n) is 18.3. The van der Waals surface area contributed by atoms with Crippen LogP contribution < -0.4 is 10.6 Å². The predicted octanol–water partition coefficient (Wildman–Crippen LogP) is 4.72. The van der Waals surface area contributed by atoms with Crippen LogP contribution in [0.3, 0.4) is 0 Å². The van der Waals surface area contributed by atoms with E-state index in [0.29, 0.717) is 5.95 Å². The topological polar surface area (TPSA) is 66.0 Å². The molecule has 0 bridgehead atoms. The van der Waals surface area contributed by atoms with E-state index in [9.17, 15) is 0 Å². The molecule has 6 nitrogen and oxygen atoms in total. The lowest BCUT2D eigenvalue weighted by Gasteiger charge is -2.19. The van der Waals surface area contributed by atoms with Gasteiger partial charge in [0.15, 0.2) is 0 Å². The molecule has 0 aliphatic heterocycles. The zero-order chi connectivity index (χ0) is 21.5. The van der Waals surface area contributed by atoms with Crippen molar-refractivity contribution in [2.45, 2.75) is 31.5 Å². The Balaban J connectivity index is 1.82. The summed E-state index contributed by atoms with van der Waals surface area (Å²) < 4.78 is 1.25. The Morgan fingerprint density at radius 2 is 1.90 bits per heavy atom. The molecule has 0 saturated heterocycles. The van der Waals surface area contributed by atoms with Crippen molar-refractivity contribution in [1.29, 1.82) is 0 Å². The number of anilines is 2. The third-order valence-corrected chi connectivity index (χ3v) is 6.97. The molecule has 3 rings (SSSR count). The third kappa shape index (κ3) is 6.01. The van der Waals surface area contributed by atoms with Gasteiger partial charge in [0.25, 0.3) is 0 Å². The Labute approximate surface area is 187 Å². The fourth-order valence-corrected chi connectivity index (χ4v) is 4.95. The Morgan fingerprint density at radius 3 is 2.57 bits per heavy atom. The van der Waals surface area contributed by atoms with Crippen molar-refractivity contribution >= 4 is 34.7 Å². The third-order valence-electron chi connectivity index (χ3n) is 4.70. The van der Waals surface area contributed by atoms with Gasteiger partial charge in [-0.2, -0.15) is 0 Å². The number of benzene rings is 1. The molecule has 30 heavy (non-hydrogen) atoms. The Morgan fingerprint density at radius 1 is 1.13 bits per heavy atom. The molecule has 0 amide bonds. The van der Waals surface area contributed by atoms with Crippen LogP contribution in [0, 0.1) is 13.8 Å². The summed E-state index contributed by atoms with van der Waals surface area (Å²) in [5, 5.41) is 7.49. The number of thiazole rings is 1. The lowest BCUT2D eigenvalue weighted by molar-refractivity contribution is 0.277. The van der Waals surface area contributed by atoms with E-state index >= 15 is 0 Å². The first-order valence-corrected chi connectivity index (χ1v) is 12.2. The van der Waals surface area contributed by atoms with Gasteiger partial charge in [-0.15, -0.1) is 23.1 Å². The summed E-state index contributed by atoms with van der Waals surface area (Å²) in [5.74, 6) is 0.587.